The first-order chi connectivity index (χ1) is 17.2. The minimum absolute atomic E-state index is 0.0452. The van der Waals surface area contributed by atoms with Gasteiger partial charge in [0.05, 0.1) is 44.6 Å². The second-order valence-electron chi connectivity index (χ2n) is 8.70. The first kappa shape index (κ1) is 24.5. The number of nitrogens with one attached hydrogen (secondary N) is 2. The van der Waals surface area contributed by atoms with Crippen molar-refractivity contribution in [1.29, 1.82) is 0 Å². The van der Waals surface area contributed by atoms with Crippen molar-refractivity contribution in [3.8, 4) is 10.6 Å². The average molecular weight is 526 g/mol. The molecule has 2 aromatic heterocycles. The summed E-state index contributed by atoms with van der Waals surface area (Å²) in [5, 5.41) is 9.56. The van der Waals surface area contributed by atoms with E-state index in [9.17, 15) is 22.4 Å². The second kappa shape index (κ2) is 9.67. The molecule has 2 aliphatic heterocycles. The molecule has 0 spiro atoms. The van der Waals surface area contributed by atoms with Gasteiger partial charge in [0.25, 0.3) is 11.8 Å². The number of nitrogens with two attached hydrogens (primary N) is 1. The van der Waals surface area contributed by atoms with E-state index in [1.54, 1.807) is 4.68 Å². The smallest absolute Gasteiger partial charge is 0.277 e. The fraction of sp³-hybridized carbons (Fsp3) is 0.409. The maximum Gasteiger partial charge on any atom is 0.277 e. The van der Waals surface area contributed by atoms with E-state index in [4.69, 9.17) is 10.5 Å². The van der Waals surface area contributed by atoms with Crippen LogP contribution < -0.4 is 21.3 Å². The van der Waals surface area contributed by atoms with E-state index in [0.29, 0.717) is 32.1 Å². The van der Waals surface area contributed by atoms with E-state index in [1.165, 1.54) is 17.2 Å². The molecule has 1 amide bonds. The van der Waals surface area contributed by atoms with E-state index < -0.39 is 36.6 Å². The first-order valence-electron chi connectivity index (χ1n) is 11.2. The van der Waals surface area contributed by atoms with Crippen molar-refractivity contribution in [3.05, 3.63) is 41.7 Å². The Labute approximate surface area is 207 Å². The van der Waals surface area contributed by atoms with Gasteiger partial charge in [0.1, 0.15) is 27.3 Å². The Hall–Kier alpha value is -3.23. The topological polar surface area (TPSA) is 110 Å². The molecule has 192 valence electrons. The summed E-state index contributed by atoms with van der Waals surface area (Å²) in [7, 11) is 0. The van der Waals surface area contributed by atoms with Crippen LogP contribution in [0.15, 0.2) is 24.4 Å². The minimum Gasteiger partial charge on any atom is -0.389 e. The number of hydrogen-bond acceptors (Lipinski definition) is 8. The van der Waals surface area contributed by atoms with E-state index in [1.807, 2.05) is 0 Å². The lowest BCUT2D eigenvalue weighted by atomic mass is 10.1. The Kier molecular flexibility index (Phi) is 6.57. The van der Waals surface area contributed by atoms with Crippen LogP contribution in [0.25, 0.3) is 10.6 Å². The van der Waals surface area contributed by atoms with Crippen LogP contribution >= 0.6 is 11.3 Å². The fourth-order valence-corrected chi connectivity index (χ4v) is 5.01. The van der Waals surface area contributed by atoms with E-state index in [0.717, 1.165) is 23.5 Å². The molecule has 14 heteroatoms. The third-order valence-corrected chi connectivity index (χ3v) is 6.81. The van der Waals surface area contributed by atoms with Crippen LogP contribution in [0.4, 0.5) is 34.1 Å². The highest BCUT2D eigenvalue weighted by molar-refractivity contribution is 7.19. The van der Waals surface area contributed by atoms with Crippen molar-refractivity contribution < 1.29 is 27.1 Å². The SMILES string of the molecule is Nc1sc(-c2c(F)cccc2F)nc1C(=O)Nc1cnn(CC2COC2)c1N1CCNCC(F)(F)C1. The van der Waals surface area contributed by atoms with Gasteiger partial charge in [-0.25, -0.2) is 27.2 Å². The molecular formula is C22H23F4N7O2S. The predicted molar refractivity (Wildman–Crippen MR) is 126 cm³/mol. The van der Waals surface area contributed by atoms with Gasteiger partial charge in [-0.2, -0.15) is 5.10 Å². The Morgan fingerprint density at radius 3 is 2.75 bits per heavy atom. The summed E-state index contributed by atoms with van der Waals surface area (Å²) in [5.41, 5.74) is 5.55. The van der Waals surface area contributed by atoms with Gasteiger partial charge in [-0.1, -0.05) is 17.4 Å². The number of halogens is 4. The molecule has 1 aromatic carbocycles. The zero-order chi connectivity index (χ0) is 25.4. The molecule has 5 rings (SSSR count). The molecule has 9 nitrogen and oxygen atoms in total. The number of nitrogen functional groups attached to an aromatic ring is 1. The maximum atomic E-state index is 14.4. The number of anilines is 3. The molecule has 36 heavy (non-hydrogen) atoms. The highest BCUT2D eigenvalue weighted by Gasteiger charge is 2.36. The molecule has 2 fully saturated rings. The molecule has 0 radical (unpaired) electrons. The van der Waals surface area contributed by atoms with Crippen molar-refractivity contribution in [2.45, 2.75) is 12.5 Å². The summed E-state index contributed by atoms with van der Waals surface area (Å²) < 4.78 is 64.0. The van der Waals surface area contributed by atoms with E-state index in [-0.39, 0.29) is 39.4 Å². The van der Waals surface area contributed by atoms with Gasteiger partial charge in [-0.05, 0) is 12.1 Å². The molecule has 3 aromatic rings. The Morgan fingerprint density at radius 1 is 1.31 bits per heavy atom. The van der Waals surface area contributed by atoms with Gasteiger partial charge in [0.15, 0.2) is 11.5 Å². The Balaban J connectivity index is 1.45. The van der Waals surface area contributed by atoms with Gasteiger partial charge in [0, 0.05) is 19.0 Å². The van der Waals surface area contributed by atoms with Crippen LogP contribution in [0.5, 0.6) is 0 Å². The summed E-state index contributed by atoms with van der Waals surface area (Å²) in [6.07, 6.45) is 1.38. The summed E-state index contributed by atoms with van der Waals surface area (Å²) in [6.45, 7) is 1.05. The number of amides is 1. The molecule has 4 N–H and O–H groups in total. The first-order valence-corrected chi connectivity index (χ1v) is 12.0. The van der Waals surface area contributed by atoms with Crippen molar-refractivity contribution in [1.82, 2.24) is 20.1 Å². The Morgan fingerprint density at radius 2 is 2.06 bits per heavy atom. The lowest BCUT2D eigenvalue weighted by Crippen LogP contribution is -2.40. The maximum absolute atomic E-state index is 14.4. The van der Waals surface area contributed by atoms with Crippen molar-refractivity contribution in [2.24, 2.45) is 5.92 Å². The van der Waals surface area contributed by atoms with Crippen LogP contribution in [0.2, 0.25) is 0 Å². The molecule has 0 saturated carbocycles. The normalized spacial score (nSPS) is 18.1. The van der Waals surface area contributed by atoms with Crippen LogP contribution in [0.1, 0.15) is 10.5 Å². The van der Waals surface area contributed by atoms with Crippen LogP contribution in [0.3, 0.4) is 0 Å². The van der Waals surface area contributed by atoms with Crippen LogP contribution in [-0.4, -0.2) is 66.0 Å². The fourth-order valence-electron chi connectivity index (χ4n) is 4.13. The summed E-state index contributed by atoms with van der Waals surface area (Å²) in [4.78, 5) is 18.7. The molecular weight excluding hydrogens is 502 g/mol. The molecule has 4 heterocycles. The van der Waals surface area contributed by atoms with E-state index in [2.05, 4.69) is 20.7 Å². The molecule has 0 unspecified atom stereocenters. The van der Waals surface area contributed by atoms with Crippen molar-refractivity contribution >= 4 is 33.8 Å². The molecule has 2 aliphatic rings. The van der Waals surface area contributed by atoms with Gasteiger partial charge in [-0.3, -0.25) is 4.79 Å². The van der Waals surface area contributed by atoms with Crippen LogP contribution in [-0.2, 0) is 11.3 Å². The van der Waals surface area contributed by atoms with Gasteiger partial charge < -0.3 is 26.0 Å². The largest absolute Gasteiger partial charge is 0.389 e. The summed E-state index contributed by atoms with van der Waals surface area (Å²) in [6, 6.07) is 3.38. The number of carbonyl (C=O) groups excluding carboxylic acids is 1. The predicted octanol–water partition coefficient (Wildman–Crippen LogP) is 2.81. The van der Waals surface area contributed by atoms with Crippen LogP contribution in [0, 0.1) is 17.6 Å². The summed E-state index contributed by atoms with van der Waals surface area (Å²) >= 11 is 0.767. The number of nitrogens with zero attached hydrogens (tertiary/aromatic N) is 4. The third-order valence-electron chi connectivity index (χ3n) is 5.91. The third kappa shape index (κ3) is 4.88. The van der Waals surface area contributed by atoms with Gasteiger partial charge >= 0.3 is 0 Å². The highest BCUT2D eigenvalue weighted by Crippen LogP contribution is 2.35. The zero-order valence-electron chi connectivity index (χ0n) is 18.9. The number of thiazole rings is 1. The quantitative estimate of drug-likeness (QED) is 0.425. The molecule has 0 atom stereocenters. The number of rotatable bonds is 6. The molecule has 0 bridgehead atoms. The number of hydrogen-bond donors (Lipinski definition) is 3. The monoisotopic (exact) mass is 525 g/mol. The van der Waals surface area contributed by atoms with Gasteiger partial charge in [0.2, 0.25) is 0 Å². The number of ether oxygens (including phenoxy) is 1. The standard InChI is InChI=1S/C22H23F4N7O2S/c23-13-2-1-3-14(24)16(13)20-31-17(18(27)36-20)19(34)30-15-6-29-33(7-12-8-35-9-12)21(15)32-5-4-28-10-22(25,26)11-32/h1-3,6,12,28H,4-5,7-11,27H2,(H,30,34). The number of carbonyl (C=O) groups is 1. The summed E-state index contributed by atoms with van der Waals surface area (Å²) in [5.74, 6) is -4.92. The Bertz CT molecular complexity index is 1260. The zero-order valence-corrected chi connectivity index (χ0v) is 19.8. The second-order valence-corrected chi connectivity index (χ2v) is 9.74. The minimum atomic E-state index is -3.00. The highest BCUT2D eigenvalue weighted by atomic mass is 32.1. The number of benzene rings is 1. The lowest BCUT2D eigenvalue weighted by Gasteiger charge is -2.30. The average Bonchev–Trinajstić information content (AvgIpc) is 3.30. The van der Waals surface area contributed by atoms with E-state index >= 15 is 0 Å². The van der Waals surface area contributed by atoms with Crippen molar-refractivity contribution in [2.75, 3.05) is 55.3 Å². The van der Waals surface area contributed by atoms with Gasteiger partial charge in [-0.15, -0.1) is 0 Å². The number of aromatic nitrogens is 3. The molecule has 2 saturated heterocycles. The number of alkyl halides is 2. The molecule has 0 aliphatic carbocycles. The lowest BCUT2D eigenvalue weighted by molar-refractivity contribution is -0.0407. The van der Waals surface area contributed by atoms with Crippen molar-refractivity contribution in [3.63, 3.8) is 0 Å².